The van der Waals surface area contributed by atoms with Gasteiger partial charge in [0, 0.05) is 24.7 Å². The zero-order valence-corrected chi connectivity index (χ0v) is 18.1. The number of nitrogens with one attached hydrogen (secondary N) is 2. The van der Waals surface area contributed by atoms with Gasteiger partial charge in [0.15, 0.2) is 0 Å². The maximum absolute atomic E-state index is 12.5. The Morgan fingerprint density at radius 2 is 1.82 bits per heavy atom. The highest BCUT2D eigenvalue weighted by atomic mass is 79.9. The summed E-state index contributed by atoms with van der Waals surface area (Å²) in [6, 6.07) is 12.8. The monoisotopic (exact) mass is 446 g/mol. The topological polar surface area (TPSA) is 67.4 Å². The summed E-state index contributed by atoms with van der Waals surface area (Å²) in [4.78, 5) is 23.8. The molecule has 0 aliphatic heterocycles. The highest BCUT2D eigenvalue weighted by molar-refractivity contribution is 9.10. The quantitative estimate of drug-likeness (QED) is 0.580. The van der Waals surface area contributed by atoms with Crippen LogP contribution < -0.4 is 15.4 Å². The van der Waals surface area contributed by atoms with Crippen LogP contribution in [0.1, 0.15) is 42.6 Å². The van der Waals surface area contributed by atoms with Crippen molar-refractivity contribution in [3.05, 3.63) is 58.1 Å². The molecule has 28 heavy (non-hydrogen) atoms. The van der Waals surface area contributed by atoms with Gasteiger partial charge in [0.25, 0.3) is 5.91 Å². The van der Waals surface area contributed by atoms with Crippen molar-refractivity contribution in [3.63, 3.8) is 0 Å². The van der Waals surface area contributed by atoms with E-state index >= 15 is 0 Å². The Labute approximate surface area is 175 Å². The van der Waals surface area contributed by atoms with E-state index < -0.39 is 0 Å². The maximum Gasteiger partial charge on any atom is 0.255 e. The van der Waals surface area contributed by atoms with Crippen LogP contribution in [0.5, 0.6) is 5.75 Å². The molecule has 0 aliphatic carbocycles. The average Bonchev–Trinajstić information content (AvgIpc) is 2.68. The standard InChI is InChI=1S/C22H27BrN2O3/c1-15(2)12-13-28-20-10-7-17(14-19(20)23)22(27)25-18-8-4-16(5-9-18)6-11-21(26)24-3/h4-5,7-10,14-15H,6,11-13H2,1-3H3,(H,24,26)(H,25,27). The van der Waals surface area contributed by atoms with E-state index in [-0.39, 0.29) is 11.8 Å². The molecule has 0 unspecified atom stereocenters. The molecular formula is C22H27BrN2O3. The van der Waals surface area contributed by atoms with E-state index in [0.717, 1.165) is 22.2 Å². The number of amides is 2. The van der Waals surface area contributed by atoms with E-state index in [4.69, 9.17) is 4.74 Å². The Balaban J connectivity index is 1.93. The van der Waals surface area contributed by atoms with E-state index in [9.17, 15) is 9.59 Å². The first-order valence-electron chi connectivity index (χ1n) is 9.42. The molecule has 0 fully saturated rings. The van der Waals surface area contributed by atoms with Crippen LogP contribution in [-0.4, -0.2) is 25.5 Å². The molecule has 0 atom stereocenters. The Kier molecular flexibility index (Phi) is 8.51. The molecule has 2 aromatic carbocycles. The summed E-state index contributed by atoms with van der Waals surface area (Å²) in [7, 11) is 1.63. The number of hydrogen-bond donors (Lipinski definition) is 2. The van der Waals surface area contributed by atoms with Crippen molar-refractivity contribution in [1.29, 1.82) is 0 Å². The fraction of sp³-hybridized carbons (Fsp3) is 0.364. The summed E-state index contributed by atoms with van der Waals surface area (Å²) in [5.74, 6) is 1.14. The molecular weight excluding hydrogens is 420 g/mol. The normalized spacial score (nSPS) is 10.6. The van der Waals surface area contributed by atoms with Crippen LogP contribution in [0, 0.1) is 5.92 Å². The highest BCUT2D eigenvalue weighted by Crippen LogP contribution is 2.27. The SMILES string of the molecule is CNC(=O)CCc1ccc(NC(=O)c2ccc(OCCC(C)C)c(Br)c2)cc1. The molecule has 0 saturated heterocycles. The molecule has 0 aromatic heterocycles. The van der Waals surface area contributed by atoms with Crippen LogP contribution in [0.25, 0.3) is 0 Å². The molecule has 0 aliphatic rings. The van der Waals surface area contributed by atoms with Crippen molar-refractivity contribution < 1.29 is 14.3 Å². The van der Waals surface area contributed by atoms with Gasteiger partial charge < -0.3 is 15.4 Å². The van der Waals surface area contributed by atoms with Gasteiger partial charge >= 0.3 is 0 Å². The first kappa shape index (κ1) is 22.0. The minimum absolute atomic E-state index is 0.0135. The van der Waals surface area contributed by atoms with E-state index in [2.05, 4.69) is 40.4 Å². The maximum atomic E-state index is 12.5. The number of carbonyl (C=O) groups is 2. The Hall–Kier alpha value is -2.34. The third-order valence-corrected chi connectivity index (χ3v) is 4.90. The van der Waals surface area contributed by atoms with E-state index in [1.807, 2.05) is 24.3 Å². The smallest absolute Gasteiger partial charge is 0.255 e. The number of aryl methyl sites for hydroxylation is 1. The predicted octanol–water partition coefficient (Wildman–Crippen LogP) is 4.80. The molecule has 2 amide bonds. The summed E-state index contributed by atoms with van der Waals surface area (Å²) in [5.41, 5.74) is 2.31. The minimum atomic E-state index is -0.187. The second-order valence-corrected chi connectivity index (χ2v) is 7.85. The van der Waals surface area contributed by atoms with Crippen LogP contribution in [0.15, 0.2) is 46.9 Å². The van der Waals surface area contributed by atoms with Crippen molar-refractivity contribution in [2.45, 2.75) is 33.1 Å². The van der Waals surface area contributed by atoms with Gasteiger partial charge in [-0.3, -0.25) is 9.59 Å². The summed E-state index contributed by atoms with van der Waals surface area (Å²) < 4.78 is 6.51. The van der Waals surface area contributed by atoms with Crippen LogP contribution in [0.4, 0.5) is 5.69 Å². The van der Waals surface area contributed by atoms with E-state index in [0.29, 0.717) is 36.6 Å². The van der Waals surface area contributed by atoms with Gasteiger partial charge in [-0.15, -0.1) is 0 Å². The van der Waals surface area contributed by atoms with Crippen molar-refractivity contribution >= 4 is 33.4 Å². The molecule has 2 N–H and O–H groups in total. The number of benzene rings is 2. The first-order chi connectivity index (χ1) is 13.4. The summed E-state index contributed by atoms with van der Waals surface area (Å²) in [5, 5.41) is 5.49. The lowest BCUT2D eigenvalue weighted by molar-refractivity contribution is -0.120. The van der Waals surface area contributed by atoms with Crippen molar-refractivity contribution in [2.24, 2.45) is 5.92 Å². The Morgan fingerprint density at radius 1 is 1.11 bits per heavy atom. The zero-order chi connectivity index (χ0) is 20.5. The second-order valence-electron chi connectivity index (χ2n) is 7.00. The molecule has 5 nitrogen and oxygen atoms in total. The first-order valence-corrected chi connectivity index (χ1v) is 10.2. The molecule has 2 aromatic rings. The largest absolute Gasteiger partial charge is 0.492 e. The zero-order valence-electron chi connectivity index (χ0n) is 16.5. The van der Waals surface area contributed by atoms with Crippen molar-refractivity contribution in [2.75, 3.05) is 19.0 Å². The molecule has 0 radical (unpaired) electrons. The van der Waals surface area contributed by atoms with Crippen molar-refractivity contribution in [1.82, 2.24) is 5.32 Å². The third-order valence-electron chi connectivity index (χ3n) is 4.28. The number of ether oxygens (including phenoxy) is 1. The molecule has 150 valence electrons. The Bertz CT molecular complexity index is 804. The second kappa shape index (κ2) is 10.9. The van der Waals surface area contributed by atoms with Crippen LogP contribution in [0.3, 0.4) is 0 Å². The van der Waals surface area contributed by atoms with E-state index in [1.165, 1.54) is 0 Å². The van der Waals surface area contributed by atoms with Gasteiger partial charge in [0.05, 0.1) is 11.1 Å². The third kappa shape index (κ3) is 7.00. The minimum Gasteiger partial charge on any atom is -0.492 e. The lowest BCUT2D eigenvalue weighted by Gasteiger charge is -2.11. The number of anilines is 1. The van der Waals surface area contributed by atoms with Gasteiger partial charge in [0.1, 0.15) is 5.75 Å². The molecule has 0 heterocycles. The van der Waals surface area contributed by atoms with Crippen LogP contribution in [-0.2, 0) is 11.2 Å². The fourth-order valence-corrected chi connectivity index (χ4v) is 3.00. The van der Waals surface area contributed by atoms with E-state index in [1.54, 1.807) is 25.2 Å². The predicted molar refractivity (Wildman–Crippen MR) is 116 cm³/mol. The summed E-state index contributed by atoms with van der Waals surface area (Å²) in [6.07, 6.45) is 2.09. The molecule has 2 rings (SSSR count). The summed E-state index contributed by atoms with van der Waals surface area (Å²) in [6.45, 7) is 4.95. The summed E-state index contributed by atoms with van der Waals surface area (Å²) >= 11 is 3.47. The molecule has 0 spiro atoms. The number of carbonyl (C=O) groups excluding carboxylic acids is 2. The molecule has 0 saturated carbocycles. The van der Waals surface area contributed by atoms with Crippen LogP contribution in [0.2, 0.25) is 0 Å². The van der Waals surface area contributed by atoms with Gasteiger partial charge in [0.2, 0.25) is 5.91 Å². The van der Waals surface area contributed by atoms with Crippen LogP contribution >= 0.6 is 15.9 Å². The van der Waals surface area contributed by atoms with Gasteiger partial charge in [-0.25, -0.2) is 0 Å². The lowest BCUT2D eigenvalue weighted by atomic mass is 10.1. The fourth-order valence-electron chi connectivity index (χ4n) is 2.50. The Morgan fingerprint density at radius 3 is 2.43 bits per heavy atom. The lowest BCUT2D eigenvalue weighted by Crippen LogP contribution is -2.17. The number of hydrogen-bond acceptors (Lipinski definition) is 3. The number of halogens is 1. The van der Waals surface area contributed by atoms with Crippen molar-refractivity contribution in [3.8, 4) is 5.75 Å². The van der Waals surface area contributed by atoms with Gasteiger partial charge in [-0.2, -0.15) is 0 Å². The average molecular weight is 447 g/mol. The van der Waals surface area contributed by atoms with Gasteiger partial charge in [-0.05, 0) is 70.6 Å². The van der Waals surface area contributed by atoms with Gasteiger partial charge in [-0.1, -0.05) is 26.0 Å². The number of rotatable bonds is 9. The highest BCUT2D eigenvalue weighted by Gasteiger charge is 2.10. The molecule has 0 bridgehead atoms. The molecule has 6 heteroatoms.